The van der Waals surface area contributed by atoms with Gasteiger partial charge in [-0.1, -0.05) is 13.0 Å². The van der Waals surface area contributed by atoms with Crippen LogP contribution < -0.4 is 5.73 Å². The third-order valence-corrected chi connectivity index (χ3v) is 4.23. The molecule has 0 spiro atoms. The van der Waals surface area contributed by atoms with Crippen LogP contribution in [0.4, 0.5) is 8.78 Å². The Hall–Kier alpha value is -2.02. The largest absolute Gasteiger partial charge is 0.339 e. The van der Waals surface area contributed by atoms with Crippen LogP contribution in [-0.4, -0.2) is 53.8 Å². The van der Waals surface area contributed by atoms with Gasteiger partial charge in [0.2, 0.25) is 5.91 Å². The molecule has 7 heteroatoms. The molecule has 2 N–H and O–H groups in total. The quantitative estimate of drug-likeness (QED) is 0.909. The molecule has 1 heterocycles. The van der Waals surface area contributed by atoms with Crippen molar-refractivity contribution in [1.82, 2.24) is 9.80 Å². The van der Waals surface area contributed by atoms with Crippen molar-refractivity contribution < 1.29 is 18.4 Å². The lowest BCUT2D eigenvalue weighted by Crippen LogP contribution is -2.53. The standard InChI is InChI=1S/C16H21F2N3O2/c1-10(11(2)19)15(22)20-6-8-21(9-7-20)16(23)14-12(17)4-3-5-13(14)18/h3-5,10-11H,6-9,19H2,1-2H3. The Balaban J connectivity index is 2.02. The van der Waals surface area contributed by atoms with Crippen molar-refractivity contribution in [1.29, 1.82) is 0 Å². The lowest BCUT2D eigenvalue weighted by atomic mass is 10.0. The van der Waals surface area contributed by atoms with Gasteiger partial charge < -0.3 is 15.5 Å². The summed E-state index contributed by atoms with van der Waals surface area (Å²) in [5.41, 5.74) is 5.19. The van der Waals surface area contributed by atoms with Crippen molar-refractivity contribution >= 4 is 11.8 Å². The van der Waals surface area contributed by atoms with E-state index in [-0.39, 0.29) is 31.0 Å². The van der Waals surface area contributed by atoms with E-state index in [1.54, 1.807) is 18.7 Å². The molecule has 1 aliphatic rings. The van der Waals surface area contributed by atoms with Crippen molar-refractivity contribution in [2.24, 2.45) is 11.7 Å². The summed E-state index contributed by atoms with van der Waals surface area (Å²) in [6, 6.07) is 3.07. The first kappa shape index (κ1) is 17.3. The molecule has 2 rings (SSSR count). The summed E-state index contributed by atoms with van der Waals surface area (Å²) in [6.07, 6.45) is 0. The van der Waals surface area contributed by atoms with E-state index in [0.717, 1.165) is 12.1 Å². The van der Waals surface area contributed by atoms with Gasteiger partial charge in [-0.3, -0.25) is 9.59 Å². The predicted molar refractivity (Wildman–Crippen MR) is 81.7 cm³/mol. The Bertz CT molecular complexity index is 579. The van der Waals surface area contributed by atoms with Crippen molar-refractivity contribution in [3.05, 3.63) is 35.4 Å². The molecule has 1 aromatic rings. The van der Waals surface area contributed by atoms with Gasteiger partial charge in [-0.05, 0) is 19.1 Å². The highest BCUT2D eigenvalue weighted by atomic mass is 19.1. The number of hydrogen-bond acceptors (Lipinski definition) is 3. The molecule has 0 bridgehead atoms. The van der Waals surface area contributed by atoms with Gasteiger partial charge in [0.15, 0.2) is 0 Å². The zero-order valence-corrected chi connectivity index (χ0v) is 13.3. The molecule has 23 heavy (non-hydrogen) atoms. The number of halogens is 2. The topological polar surface area (TPSA) is 66.6 Å². The van der Waals surface area contributed by atoms with Crippen LogP contribution in [-0.2, 0) is 4.79 Å². The number of hydrogen-bond donors (Lipinski definition) is 1. The molecule has 1 aromatic carbocycles. The van der Waals surface area contributed by atoms with Crippen LogP contribution in [0.3, 0.4) is 0 Å². The smallest absolute Gasteiger partial charge is 0.259 e. The summed E-state index contributed by atoms with van der Waals surface area (Å²) in [6.45, 7) is 4.67. The zero-order valence-electron chi connectivity index (χ0n) is 13.3. The van der Waals surface area contributed by atoms with E-state index in [9.17, 15) is 18.4 Å². The first-order valence-corrected chi connectivity index (χ1v) is 7.60. The monoisotopic (exact) mass is 325 g/mol. The molecule has 2 amide bonds. The van der Waals surface area contributed by atoms with Gasteiger partial charge in [0.1, 0.15) is 17.2 Å². The molecule has 0 radical (unpaired) electrons. The molecule has 1 aliphatic heterocycles. The number of carbonyl (C=O) groups excluding carboxylic acids is 2. The summed E-state index contributed by atoms with van der Waals surface area (Å²) >= 11 is 0. The Morgan fingerprint density at radius 3 is 2.00 bits per heavy atom. The summed E-state index contributed by atoms with van der Waals surface area (Å²) in [7, 11) is 0. The predicted octanol–water partition coefficient (Wildman–Crippen LogP) is 1.23. The van der Waals surface area contributed by atoms with E-state index >= 15 is 0 Å². The van der Waals surface area contributed by atoms with Crippen molar-refractivity contribution in [2.75, 3.05) is 26.2 Å². The van der Waals surface area contributed by atoms with E-state index < -0.39 is 23.1 Å². The van der Waals surface area contributed by atoms with Crippen LogP contribution in [0.15, 0.2) is 18.2 Å². The summed E-state index contributed by atoms with van der Waals surface area (Å²) in [4.78, 5) is 27.5. The highest BCUT2D eigenvalue weighted by molar-refractivity contribution is 5.95. The van der Waals surface area contributed by atoms with Gasteiger partial charge in [0.05, 0.1) is 5.92 Å². The fourth-order valence-electron chi connectivity index (χ4n) is 2.50. The first-order valence-electron chi connectivity index (χ1n) is 7.60. The molecule has 126 valence electrons. The average molecular weight is 325 g/mol. The van der Waals surface area contributed by atoms with Crippen LogP contribution in [0.2, 0.25) is 0 Å². The van der Waals surface area contributed by atoms with Gasteiger partial charge in [-0.2, -0.15) is 0 Å². The van der Waals surface area contributed by atoms with E-state index in [0.29, 0.717) is 13.1 Å². The highest BCUT2D eigenvalue weighted by Crippen LogP contribution is 2.17. The SMILES string of the molecule is CC(N)C(C)C(=O)N1CCN(C(=O)c2c(F)cccc2F)CC1. The van der Waals surface area contributed by atoms with Crippen molar-refractivity contribution in [2.45, 2.75) is 19.9 Å². The zero-order chi connectivity index (χ0) is 17.1. The molecule has 0 aliphatic carbocycles. The number of rotatable bonds is 3. The lowest BCUT2D eigenvalue weighted by molar-refractivity contribution is -0.137. The normalized spacial score (nSPS) is 17.8. The number of amides is 2. The lowest BCUT2D eigenvalue weighted by Gasteiger charge is -2.36. The van der Waals surface area contributed by atoms with Crippen LogP contribution in [0.1, 0.15) is 24.2 Å². The summed E-state index contributed by atoms with van der Waals surface area (Å²) in [5, 5.41) is 0. The number of nitrogens with two attached hydrogens (primary N) is 1. The number of nitrogens with zero attached hydrogens (tertiary/aromatic N) is 2. The molecular formula is C16H21F2N3O2. The molecule has 1 fully saturated rings. The second-order valence-electron chi connectivity index (χ2n) is 5.86. The van der Waals surface area contributed by atoms with Gasteiger partial charge in [0, 0.05) is 32.2 Å². The minimum atomic E-state index is -0.876. The maximum Gasteiger partial charge on any atom is 0.259 e. The maximum atomic E-state index is 13.7. The second kappa shape index (κ2) is 7.04. The fraction of sp³-hybridized carbons (Fsp3) is 0.500. The Morgan fingerprint density at radius 1 is 1.04 bits per heavy atom. The molecule has 1 saturated heterocycles. The van der Waals surface area contributed by atoms with Gasteiger partial charge in [-0.25, -0.2) is 8.78 Å². The number of carbonyl (C=O) groups is 2. The van der Waals surface area contributed by atoms with Crippen LogP contribution in [0.5, 0.6) is 0 Å². The molecule has 0 aromatic heterocycles. The maximum absolute atomic E-state index is 13.7. The molecular weight excluding hydrogens is 304 g/mol. The minimum Gasteiger partial charge on any atom is -0.339 e. The van der Waals surface area contributed by atoms with Gasteiger partial charge in [-0.15, -0.1) is 0 Å². The van der Waals surface area contributed by atoms with Gasteiger partial charge in [0.25, 0.3) is 5.91 Å². The van der Waals surface area contributed by atoms with Crippen LogP contribution in [0, 0.1) is 17.6 Å². The average Bonchev–Trinajstić information content (AvgIpc) is 2.53. The van der Waals surface area contributed by atoms with Crippen LogP contribution >= 0.6 is 0 Å². The highest BCUT2D eigenvalue weighted by Gasteiger charge is 2.30. The van der Waals surface area contributed by atoms with Gasteiger partial charge >= 0.3 is 0 Å². The Kier molecular flexibility index (Phi) is 5.30. The van der Waals surface area contributed by atoms with E-state index in [1.165, 1.54) is 11.0 Å². The van der Waals surface area contributed by atoms with Crippen molar-refractivity contribution in [3.63, 3.8) is 0 Å². The Morgan fingerprint density at radius 2 is 1.52 bits per heavy atom. The molecule has 5 nitrogen and oxygen atoms in total. The molecule has 2 atom stereocenters. The number of benzene rings is 1. The van der Waals surface area contributed by atoms with E-state index in [1.807, 2.05) is 0 Å². The second-order valence-corrected chi connectivity index (χ2v) is 5.86. The van der Waals surface area contributed by atoms with E-state index in [2.05, 4.69) is 0 Å². The summed E-state index contributed by atoms with van der Waals surface area (Å²) in [5.74, 6) is -2.81. The minimum absolute atomic E-state index is 0.0656. The summed E-state index contributed by atoms with van der Waals surface area (Å²) < 4.78 is 27.4. The number of piperazine rings is 1. The molecule has 0 saturated carbocycles. The first-order chi connectivity index (χ1) is 10.8. The third-order valence-electron chi connectivity index (χ3n) is 4.23. The van der Waals surface area contributed by atoms with Crippen LogP contribution in [0.25, 0.3) is 0 Å². The van der Waals surface area contributed by atoms with Crippen molar-refractivity contribution in [3.8, 4) is 0 Å². The Labute approximate surface area is 134 Å². The van der Waals surface area contributed by atoms with E-state index in [4.69, 9.17) is 5.73 Å². The fourth-order valence-corrected chi connectivity index (χ4v) is 2.50. The molecule has 2 unspecified atom stereocenters. The third kappa shape index (κ3) is 3.67.